The molecule has 4 rings (SSSR count). The molecule has 3 aromatic rings. The Morgan fingerprint density at radius 2 is 1.68 bits per heavy atom. The van der Waals surface area contributed by atoms with Gasteiger partial charge in [-0.1, -0.05) is 42.8 Å². The molecule has 2 heterocycles. The minimum absolute atomic E-state index is 0.00322. The zero-order valence-corrected chi connectivity index (χ0v) is 21.0. The van der Waals surface area contributed by atoms with E-state index < -0.39 is 17.7 Å². The molecule has 0 spiro atoms. The van der Waals surface area contributed by atoms with Gasteiger partial charge in [-0.05, 0) is 65.1 Å². The number of ketones is 1. The van der Waals surface area contributed by atoms with Gasteiger partial charge >= 0.3 is 0 Å². The number of halogens is 1. The SMILES string of the molecule is COc1ccc(C(C)(C)C)cc1/C(O)=C1\C(=O)C(=O)N(c2ccc(Br)cc2)C1c1ccncc1. The van der Waals surface area contributed by atoms with Crippen LogP contribution in [0.25, 0.3) is 5.76 Å². The first-order valence-corrected chi connectivity index (χ1v) is 11.6. The average Bonchev–Trinajstić information content (AvgIpc) is 3.09. The second-order valence-corrected chi connectivity index (χ2v) is 10.0. The summed E-state index contributed by atoms with van der Waals surface area (Å²) in [6, 6.07) is 15.3. The summed E-state index contributed by atoms with van der Waals surface area (Å²) < 4.78 is 6.35. The Morgan fingerprint density at radius 1 is 1.03 bits per heavy atom. The molecular weight excluding hydrogens is 496 g/mol. The summed E-state index contributed by atoms with van der Waals surface area (Å²) in [6.45, 7) is 6.17. The molecule has 1 saturated heterocycles. The number of aliphatic hydroxyl groups is 1. The van der Waals surface area contributed by atoms with Crippen LogP contribution in [0.2, 0.25) is 0 Å². The fraction of sp³-hybridized carbons (Fsp3) is 0.222. The van der Waals surface area contributed by atoms with Gasteiger partial charge in [0.05, 0.1) is 24.3 Å². The summed E-state index contributed by atoms with van der Waals surface area (Å²) >= 11 is 3.40. The lowest BCUT2D eigenvalue weighted by Crippen LogP contribution is -2.29. The summed E-state index contributed by atoms with van der Waals surface area (Å²) in [5, 5.41) is 11.5. The van der Waals surface area contributed by atoms with Crippen LogP contribution in [-0.2, 0) is 15.0 Å². The van der Waals surface area contributed by atoms with Crippen LogP contribution in [0.15, 0.2) is 77.0 Å². The maximum atomic E-state index is 13.4. The van der Waals surface area contributed by atoms with Crippen molar-refractivity contribution < 1.29 is 19.4 Å². The third-order valence-electron chi connectivity index (χ3n) is 5.89. The first-order chi connectivity index (χ1) is 16.1. The molecule has 1 atom stereocenters. The highest BCUT2D eigenvalue weighted by molar-refractivity contribution is 9.10. The first-order valence-electron chi connectivity index (χ1n) is 10.8. The topological polar surface area (TPSA) is 79.7 Å². The summed E-state index contributed by atoms with van der Waals surface area (Å²) in [4.78, 5) is 32.1. The van der Waals surface area contributed by atoms with E-state index in [1.165, 1.54) is 12.0 Å². The van der Waals surface area contributed by atoms with Gasteiger partial charge in [-0.15, -0.1) is 0 Å². The van der Waals surface area contributed by atoms with Gasteiger partial charge in [0, 0.05) is 22.6 Å². The van der Waals surface area contributed by atoms with Gasteiger partial charge in [-0.2, -0.15) is 0 Å². The van der Waals surface area contributed by atoms with Crippen LogP contribution in [-0.4, -0.2) is 28.9 Å². The molecule has 0 bridgehead atoms. The molecular formula is C27H25BrN2O4. The molecule has 174 valence electrons. The van der Waals surface area contributed by atoms with Gasteiger partial charge in [0.15, 0.2) is 0 Å². The van der Waals surface area contributed by atoms with Gasteiger partial charge in [-0.25, -0.2) is 0 Å². The number of hydrogen-bond donors (Lipinski definition) is 1. The molecule has 2 aromatic carbocycles. The monoisotopic (exact) mass is 520 g/mol. The van der Waals surface area contributed by atoms with Gasteiger partial charge in [0.25, 0.3) is 11.7 Å². The number of hydrogen-bond acceptors (Lipinski definition) is 5. The van der Waals surface area contributed by atoms with E-state index in [4.69, 9.17) is 4.74 Å². The van der Waals surface area contributed by atoms with Crippen LogP contribution in [0, 0.1) is 0 Å². The quantitative estimate of drug-likeness (QED) is 0.268. The number of carbonyl (C=O) groups excluding carboxylic acids is 2. The normalized spacial score (nSPS) is 17.8. The van der Waals surface area contributed by atoms with Crippen LogP contribution in [0.1, 0.15) is 43.5 Å². The molecule has 1 fully saturated rings. The molecule has 1 aromatic heterocycles. The fourth-order valence-corrected chi connectivity index (χ4v) is 4.33. The van der Waals surface area contributed by atoms with E-state index in [1.807, 2.05) is 12.1 Å². The Hall–Kier alpha value is -3.45. The number of aromatic nitrogens is 1. The van der Waals surface area contributed by atoms with Crippen molar-refractivity contribution in [3.8, 4) is 5.75 Å². The number of ether oxygens (including phenoxy) is 1. The summed E-state index contributed by atoms with van der Waals surface area (Å²) in [7, 11) is 1.50. The highest BCUT2D eigenvalue weighted by Crippen LogP contribution is 2.43. The van der Waals surface area contributed by atoms with E-state index in [0.29, 0.717) is 22.6 Å². The Balaban J connectivity index is 1.98. The molecule has 1 amide bonds. The number of anilines is 1. The van der Waals surface area contributed by atoms with Crippen molar-refractivity contribution >= 4 is 39.1 Å². The fourth-order valence-electron chi connectivity index (χ4n) is 4.07. The molecule has 6 nitrogen and oxygen atoms in total. The first kappa shape index (κ1) is 23.7. The molecule has 34 heavy (non-hydrogen) atoms. The van der Waals surface area contributed by atoms with Crippen molar-refractivity contribution in [3.63, 3.8) is 0 Å². The van der Waals surface area contributed by atoms with Crippen LogP contribution in [0.4, 0.5) is 5.69 Å². The predicted octanol–water partition coefficient (Wildman–Crippen LogP) is 5.78. The van der Waals surface area contributed by atoms with E-state index >= 15 is 0 Å². The second kappa shape index (κ2) is 9.06. The lowest BCUT2D eigenvalue weighted by atomic mass is 9.85. The molecule has 0 radical (unpaired) electrons. The third kappa shape index (κ3) is 4.23. The van der Waals surface area contributed by atoms with Gasteiger partial charge in [0.2, 0.25) is 0 Å². The lowest BCUT2D eigenvalue weighted by molar-refractivity contribution is -0.132. The molecule has 0 aliphatic carbocycles. The van der Waals surface area contributed by atoms with Gasteiger partial charge in [-0.3, -0.25) is 19.5 Å². The molecule has 1 N–H and O–H groups in total. The predicted molar refractivity (Wildman–Crippen MR) is 135 cm³/mol. The van der Waals surface area contributed by atoms with Crippen molar-refractivity contribution in [2.24, 2.45) is 0 Å². The van der Waals surface area contributed by atoms with Crippen LogP contribution in [0.5, 0.6) is 5.75 Å². The number of methoxy groups -OCH3 is 1. The largest absolute Gasteiger partial charge is 0.507 e. The van der Waals surface area contributed by atoms with Crippen molar-refractivity contribution in [1.82, 2.24) is 4.98 Å². The smallest absolute Gasteiger partial charge is 0.300 e. The summed E-state index contributed by atoms with van der Waals surface area (Å²) in [5.74, 6) is -1.33. The minimum atomic E-state index is -0.827. The molecule has 7 heteroatoms. The van der Waals surface area contributed by atoms with E-state index in [9.17, 15) is 14.7 Å². The number of nitrogens with zero attached hydrogens (tertiary/aromatic N) is 2. The van der Waals surface area contributed by atoms with E-state index in [1.54, 1.807) is 54.9 Å². The zero-order chi connectivity index (χ0) is 24.6. The van der Waals surface area contributed by atoms with Crippen molar-refractivity contribution in [3.05, 3.63) is 93.7 Å². The van der Waals surface area contributed by atoms with Crippen molar-refractivity contribution in [2.75, 3.05) is 12.0 Å². The lowest BCUT2D eigenvalue weighted by Gasteiger charge is -2.26. The molecule has 1 aliphatic heterocycles. The molecule has 1 unspecified atom stereocenters. The van der Waals surface area contributed by atoms with E-state index in [-0.39, 0.29) is 16.7 Å². The maximum Gasteiger partial charge on any atom is 0.300 e. The van der Waals surface area contributed by atoms with Crippen LogP contribution in [0.3, 0.4) is 0 Å². The number of amides is 1. The van der Waals surface area contributed by atoms with Gasteiger partial charge < -0.3 is 9.84 Å². The van der Waals surface area contributed by atoms with Gasteiger partial charge in [0.1, 0.15) is 11.5 Å². The standard InChI is InChI=1S/C27H25BrN2O4/c1-27(2,3)17-5-10-21(34-4)20(15-17)24(31)22-23(16-11-13-29-14-12-16)30(26(33)25(22)32)19-8-6-18(28)7-9-19/h5-15,23,31H,1-4H3/b24-22+. The number of pyridine rings is 1. The van der Waals surface area contributed by atoms with Crippen molar-refractivity contribution in [1.29, 1.82) is 0 Å². The Labute approximate surface area is 207 Å². The van der Waals surface area contributed by atoms with Crippen LogP contribution < -0.4 is 9.64 Å². The Bertz CT molecular complexity index is 1280. The Morgan fingerprint density at radius 3 is 2.26 bits per heavy atom. The number of benzene rings is 2. The second-order valence-electron chi connectivity index (χ2n) is 9.09. The average molecular weight is 521 g/mol. The summed E-state index contributed by atoms with van der Waals surface area (Å²) in [5.41, 5.74) is 2.32. The van der Waals surface area contributed by atoms with E-state index in [0.717, 1.165) is 10.0 Å². The number of rotatable bonds is 4. The minimum Gasteiger partial charge on any atom is -0.507 e. The van der Waals surface area contributed by atoms with Crippen LogP contribution >= 0.6 is 15.9 Å². The number of carbonyl (C=O) groups is 2. The zero-order valence-electron chi connectivity index (χ0n) is 19.4. The third-order valence-corrected chi connectivity index (χ3v) is 6.42. The number of Topliss-reactive ketones (excluding diaryl/α,β-unsaturated/α-hetero) is 1. The van der Waals surface area contributed by atoms with E-state index in [2.05, 4.69) is 41.7 Å². The number of aliphatic hydroxyl groups excluding tert-OH is 1. The summed E-state index contributed by atoms with van der Waals surface area (Å²) in [6.07, 6.45) is 3.19. The maximum absolute atomic E-state index is 13.4. The molecule has 0 saturated carbocycles. The highest BCUT2D eigenvalue weighted by atomic mass is 79.9. The Kier molecular flexibility index (Phi) is 6.32. The molecule has 1 aliphatic rings. The highest BCUT2D eigenvalue weighted by Gasteiger charge is 2.47. The van der Waals surface area contributed by atoms with Crippen molar-refractivity contribution in [2.45, 2.75) is 32.2 Å².